The summed E-state index contributed by atoms with van der Waals surface area (Å²) in [4.78, 5) is 11.3. The van der Waals surface area contributed by atoms with Gasteiger partial charge in [0.15, 0.2) is 0 Å². The number of hydrogen-bond donors (Lipinski definition) is 0. The molecule has 0 aliphatic rings. The van der Waals surface area contributed by atoms with Crippen LogP contribution in [-0.2, 0) is 7.61 Å². The first-order valence-electron chi connectivity index (χ1n) is 4.90. The second-order valence-electron chi connectivity index (χ2n) is 4.07. The molecule has 0 atom stereocenters. The third-order valence-electron chi connectivity index (χ3n) is 2.29. The van der Waals surface area contributed by atoms with E-state index in [9.17, 15) is 4.79 Å². The van der Waals surface area contributed by atoms with E-state index >= 15 is 0 Å². The van der Waals surface area contributed by atoms with E-state index in [0.717, 1.165) is 12.8 Å². The summed E-state index contributed by atoms with van der Waals surface area (Å²) in [5.41, 5.74) is -0.275. The van der Waals surface area contributed by atoms with E-state index < -0.39 is 0 Å². The van der Waals surface area contributed by atoms with Crippen molar-refractivity contribution < 1.29 is 7.61 Å². The summed E-state index contributed by atoms with van der Waals surface area (Å²) in [5, 5.41) is 0. The predicted molar refractivity (Wildman–Crippen MR) is 54.4 cm³/mol. The summed E-state index contributed by atoms with van der Waals surface area (Å²) in [5.74, 6) is -0.0441. The number of carbonyl (C=O) groups is 1. The van der Waals surface area contributed by atoms with Gasteiger partial charge in [-0.1, -0.05) is 0 Å². The Morgan fingerprint density at radius 3 is 2.38 bits per heavy atom. The first-order chi connectivity index (χ1) is 6.04. The zero-order valence-electron chi connectivity index (χ0n) is 8.80. The summed E-state index contributed by atoms with van der Waals surface area (Å²) >= 11 is 0.702. The fourth-order valence-corrected chi connectivity index (χ4v) is 2.18. The number of carbonyl (C=O) groups excluding carboxylic acids is 1. The zero-order valence-corrected chi connectivity index (χ0v) is 12.3. The average molecular weight is 380 g/mol. The minimum atomic E-state index is -0.275. The molecule has 0 amide bonds. The second-order valence-corrected chi connectivity index (χ2v) is 4.78. The molecule has 0 heterocycles. The maximum atomic E-state index is 11.3. The van der Waals surface area contributed by atoms with Gasteiger partial charge in [-0.25, -0.2) is 0 Å². The van der Waals surface area contributed by atoms with Crippen LogP contribution in [0.2, 0.25) is 0 Å². The molecule has 0 N–H and O–H groups in total. The minimum absolute atomic E-state index is 0.0441. The van der Waals surface area contributed by atoms with Gasteiger partial charge in [0.05, 0.1) is 0 Å². The van der Waals surface area contributed by atoms with Gasteiger partial charge in [0.25, 0.3) is 0 Å². The SMILES string of the molecule is CCCCCCC(C)(C)C(=O)[O][Bi]. The summed E-state index contributed by atoms with van der Waals surface area (Å²) in [6.07, 6.45) is 5.82. The molecule has 2 nitrogen and oxygen atoms in total. The average Bonchev–Trinajstić information content (AvgIpc) is 2.11. The van der Waals surface area contributed by atoms with Gasteiger partial charge in [0, 0.05) is 0 Å². The molecule has 3 heteroatoms. The van der Waals surface area contributed by atoms with Gasteiger partial charge in [-0.2, -0.15) is 0 Å². The third-order valence-corrected chi connectivity index (χ3v) is 2.94. The van der Waals surface area contributed by atoms with Crippen molar-refractivity contribution in [3.05, 3.63) is 0 Å². The monoisotopic (exact) mass is 380 g/mol. The Bertz CT molecular complexity index is 155. The molecule has 0 aliphatic heterocycles. The molecule has 0 aromatic heterocycles. The van der Waals surface area contributed by atoms with Crippen LogP contribution in [0.3, 0.4) is 0 Å². The molecule has 0 spiro atoms. The van der Waals surface area contributed by atoms with Gasteiger partial charge in [-0.05, 0) is 0 Å². The van der Waals surface area contributed by atoms with E-state index in [1.807, 2.05) is 13.8 Å². The molecule has 13 heavy (non-hydrogen) atoms. The van der Waals surface area contributed by atoms with Crippen LogP contribution in [-0.4, -0.2) is 31.1 Å². The first-order valence-corrected chi connectivity index (χ1v) is 6.32. The normalized spacial score (nSPS) is 11.4. The molecule has 0 unspecified atom stereocenters. The molecule has 2 radical (unpaired) electrons. The van der Waals surface area contributed by atoms with Crippen LogP contribution in [0.25, 0.3) is 0 Å². The van der Waals surface area contributed by atoms with Gasteiger partial charge in [-0.15, -0.1) is 0 Å². The van der Waals surface area contributed by atoms with Crippen molar-refractivity contribution in [2.45, 2.75) is 52.9 Å². The summed E-state index contributed by atoms with van der Waals surface area (Å²) in [6, 6.07) is 0. The molecule has 0 aromatic carbocycles. The van der Waals surface area contributed by atoms with Crippen molar-refractivity contribution in [2.75, 3.05) is 0 Å². The molecule has 76 valence electrons. The van der Waals surface area contributed by atoms with Crippen LogP contribution in [0.1, 0.15) is 52.9 Å². The molecule has 0 saturated heterocycles. The van der Waals surface area contributed by atoms with Crippen molar-refractivity contribution in [1.29, 1.82) is 0 Å². The molecule has 0 saturated carbocycles. The van der Waals surface area contributed by atoms with Crippen molar-refractivity contribution >= 4 is 31.1 Å². The predicted octanol–water partition coefficient (Wildman–Crippen LogP) is 2.61. The number of rotatable bonds is 6. The Labute approximate surface area is 96.9 Å². The molecular weight excluding hydrogens is 361 g/mol. The topological polar surface area (TPSA) is 26.3 Å². The van der Waals surface area contributed by atoms with Crippen LogP contribution in [0, 0.1) is 5.41 Å². The van der Waals surface area contributed by atoms with E-state index in [2.05, 4.69) is 6.92 Å². The molecular formula is C10H19BiO2. The second kappa shape index (κ2) is 6.75. The first kappa shape index (κ1) is 13.4. The van der Waals surface area contributed by atoms with Gasteiger partial charge in [0.1, 0.15) is 0 Å². The van der Waals surface area contributed by atoms with Crippen molar-refractivity contribution in [1.82, 2.24) is 0 Å². The quantitative estimate of drug-likeness (QED) is 0.523. The molecule has 0 aliphatic carbocycles. The third kappa shape index (κ3) is 5.62. The molecule has 0 aromatic rings. The van der Waals surface area contributed by atoms with Crippen LogP contribution in [0.4, 0.5) is 0 Å². The standard InChI is InChI=1S/C10H20O2.Bi/c1-4-5-6-7-8-10(2,3)9(11)12;/h4-8H2,1-3H3,(H,11,12);/q;+1/p-1. The van der Waals surface area contributed by atoms with Gasteiger partial charge in [-0.3, -0.25) is 0 Å². The van der Waals surface area contributed by atoms with Crippen LogP contribution in [0.15, 0.2) is 0 Å². The summed E-state index contributed by atoms with van der Waals surface area (Å²) < 4.78 is 4.84. The van der Waals surface area contributed by atoms with E-state index in [0.29, 0.717) is 25.2 Å². The Hall–Kier alpha value is 0.353. The van der Waals surface area contributed by atoms with Crippen LogP contribution >= 0.6 is 0 Å². The molecule has 0 fully saturated rings. The fourth-order valence-electron chi connectivity index (χ4n) is 1.22. The van der Waals surface area contributed by atoms with E-state index in [1.54, 1.807) is 0 Å². The Morgan fingerprint density at radius 1 is 1.31 bits per heavy atom. The van der Waals surface area contributed by atoms with Crippen LogP contribution in [0.5, 0.6) is 0 Å². The fraction of sp³-hybridized carbons (Fsp3) is 0.900. The Morgan fingerprint density at radius 2 is 1.92 bits per heavy atom. The van der Waals surface area contributed by atoms with Gasteiger partial charge < -0.3 is 0 Å². The maximum absolute atomic E-state index is 11.3. The van der Waals surface area contributed by atoms with E-state index in [-0.39, 0.29) is 11.4 Å². The summed E-state index contributed by atoms with van der Waals surface area (Å²) in [6.45, 7) is 6.12. The zero-order chi connectivity index (χ0) is 10.3. The van der Waals surface area contributed by atoms with Crippen molar-refractivity contribution in [2.24, 2.45) is 5.41 Å². The Balaban J connectivity index is 3.69. The van der Waals surface area contributed by atoms with Gasteiger partial charge in [0.2, 0.25) is 0 Å². The van der Waals surface area contributed by atoms with Crippen molar-refractivity contribution in [3.63, 3.8) is 0 Å². The van der Waals surface area contributed by atoms with E-state index in [4.69, 9.17) is 2.81 Å². The van der Waals surface area contributed by atoms with Crippen molar-refractivity contribution in [3.8, 4) is 0 Å². The summed E-state index contributed by atoms with van der Waals surface area (Å²) in [7, 11) is 0. The number of hydrogen-bond acceptors (Lipinski definition) is 2. The molecule has 0 rings (SSSR count). The molecule has 0 bridgehead atoms. The van der Waals surface area contributed by atoms with E-state index in [1.165, 1.54) is 19.3 Å². The van der Waals surface area contributed by atoms with Crippen LogP contribution < -0.4 is 0 Å². The number of unbranched alkanes of at least 4 members (excludes halogenated alkanes) is 3. The van der Waals surface area contributed by atoms with Gasteiger partial charge >= 0.3 is 97.0 Å². The Kier molecular flexibility index (Phi) is 6.94.